The number of anilines is 1. The summed E-state index contributed by atoms with van der Waals surface area (Å²) in [5.41, 5.74) is 8.94. The summed E-state index contributed by atoms with van der Waals surface area (Å²) in [5, 5.41) is 8.38. The van der Waals surface area contributed by atoms with Crippen LogP contribution >= 0.6 is 0 Å². The van der Waals surface area contributed by atoms with Gasteiger partial charge in [-0.1, -0.05) is 98.8 Å². The molecular formula is C38H45N5O6. The monoisotopic (exact) mass is 667 g/mol. The van der Waals surface area contributed by atoms with Crippen molar-refractivity contribution >= 4 is 35.4 Å². The molecule has 0 aliphatic carbocycles. The molecule has 4 rings (SSSR count). The Hall–Kier alpha value is -5.45. The summed E-state index contributed by atoms with van der Waals surface area (Å²) in [6.45, 7) is 4.42. The van der Waals surface area contributed by atoms with Crippen molar-refractivity contribution in [3.8, 4) is 0 Å². The third-order valence-electron chi connectivity index (χ3n) is 8.10. The molecule has 0 spiro atoms. The van der Waals surface area contributed by atoms with Crippen LogP contribution in [0.25, 0.3) is 0 Å². The van der Waals surface area contributed by atoms with E-state index in [-0.39, 0.29) is 37.7 Å². The van der Waals surface area contributed by atoms with Crippen molar-refractivity contribution in [1.29, 1.82) is 0 Å². The standard InChI is InChI=1S/C38H45N5O6/c1-26(2)23-31(42-38(48)49-25-28-13-7-4-8-14-28)37(47)41-32(24-27-11-5-3-6-12-27)36(46)40-30(17-19-34(39)44)18-20-35(45)43-22-21-29-15-9-10-16-33(29)43/h3-16,18,20,26,30-32H,17,19,21-25H2,1-2H3,(H2,39,44)(H,40,46)(H,41,47)(H,42,48)/b20-18+/t30-,31-,32-/m0/s1. The first kappa shape index (κ1) is 36.4. The van der Waals surface area contributed by atoms with Crippen molar-refractivity contribution in [1.82, 2.24) is 16.0 Å². The fourth-order valence-corrected chi connectivity index (χ4v) is 5.59. The average Bonchev–Trinajstić information content (AvgIpc) is 3.53. The molecule has 0 saturated carbocycles. The zero-order chi connectivity index (χ0) is 35.2. The lowest BCUT2D eigenvalue weighted by Gasteiger charge is -2.25. The number of rotatable bonds is 16. The van der Waals surface area contributed by atoms with Crippen LogP contribution in [0.5, 0.6) is 0 Å². The molecule has 3 atom stereocenters. The number of ether oxygens (including phenoxy) is 1. The summed E-state index contributed by atoms with van der Waals surface area (Å²) < 4.78 is 5.35. The molecule has 3 aromatic rings. The van der Waals surface area contributed by atoms with Gasteiger partial charge in [-0.25, -0.2) is 4.79 Å². The van der Waals surface area contributed by atoms with Gasteiger partial charge in [0, 0.05) is 37.2 Å². The van der Waals surface area contributed by atoms with E-state index in [0.29, 0.717) is 13.0 Å². The molecule has 11 nitrogen and oxygen atoms in total. The minimum atomic E-state index is -1.04. The van der Waals surface area contributed by atoms with Crippen LogP contribution < -0.4 is 26.6 Å². The molecule has 5 amide bonds. The number of amides is 5. The van der Waals surface area contributed by atoms with Gasteiger partial charge in [-0.3, -0.25) is 19.2 Å². The van der Waals surface area contributed by atoms with E-state index >= 15 is 0 Å². The number of carbonyl (C=O) groups excluding carboxylic acids is 5. The molecule has 1 aliphatic heterocycles. The molecule has 0 unspecified atom stereocenters. The molecule has 0 bridgehead atoms. The highest BCUT2D eigenvalue weighted by Crippen LogP contribution is 2.27. The summed E-state index contributed by atoms with van der Waals surface area (Å²) in [7, 11) is 0. The first-order chi connectivity index (χ1) is 23.6. The second kappa shape index (κ2) is 18.2. The Kier molecular flexibility index (Phi) is 13.5. The predicted molar refractivity (Wildman–Crippen MR) is 187 cm³/mol. The summed E-state index contributed by atoms with van der Waals surface area (Å²) in [5.74, 6) is -1.84. The van der Waals surface area contributed by atoms with Crippen LogP contribution in [0, 0.1) is 5.92 Å². The van der Waals surface area contributed by atoms with Crippen LogP contribution in [0.3, 0.4) is 0 Å². The summed E-state index contributed by atoms with van der Waals surface area (Å²) in [6.07, 6.45) is 3.51. The lowest BCUT2D eigenvalue weighted by Crippen LogP contribution is -2.55. The van der Waals surface area contributed by atoms with E-state index in [9.17, 15) is 24.0 Å². The van der Waals surface area contributed by atoms with Gasteiger partial charge in [-0.05, 0) is 47.9 Å². The number of nitrogens with zero attached hydrogens (tertiary/aromatic N) is 1. The Morgan fingerprint density at radius 2 is 1.45 bits per heavy atom. The SMILES string of the molecule is CC(C)C[C@H](NC(=O)OCc1ccccc1)C(=O)N[C@@H](Cc1ccccc1)C(=O)N[C@H](/C=C/C(=O)N1CCc2ccccc21)CCC(N)=O. The zero-order valence-electron chi connectivity index (χ0n) is 28.0. The van der Waals surface area contributed by atoms with E-state index in [2.05, 4.69) is 16.0 Å². The number of carbonyl (C=O) groups is 5. The van der Waals surface area contributed by atoms with E-state index in [1.54, 1.807) is 11.0 Å². The quantitative estimate of drug-likeness (QED) is 0.169. The summed E-state index contributed by atoms with van der Waals surface area (Å²) in [4.78, 5) is 66.8. The number of benzene rings is 3. The third kappa shape index (κ3) is 11.6. The Morgan fingerprint density at radius 1 is 0.816 bits per heavy atom. The third-order valence-corrected chi connectivity index (χ3v) is 8.10. The maximum Gasteiger partial charge on any atom is 0.408 e. The van der Waals surface area contributed by atoms with E-state index in [1.807, 2.05) is 98.8 Å². The van der Waals surface area contributed by atoms with Gasteiger partial charge in [0.1, 0.15) is 18.7 Å². The van der Waals surface area contributed by atoms with E-state index < -0.39 is 41.9 Å². The van der Waals surface area contributed by atoms with Crippen LogP contribution in [-0.4, -0.2) is 54.4 Å². The lowest BCUT2D eigenvalue weighted by molar-refractivity contribution is -0.130. The van der Waals surface area contributed by atoms with Crippen LogP contribution in [-0.2, 0) is 43.4 Å². The van der Waals surface area contributed by atoms with Crippen molar-refractivity contribution < 1.29 is 28.7 Å². The molecular weight excluding hydrogens is 622 g/mol. The van der Waals surface area contributed by atoms with E-state index in [1.165, 1.54) is 6.08 Å². The highest BCUT2D eigenvalue weighted by molar-refractivity contribution is 6.03. The van der Waals surface area contributed by atoms with Gasteiger partial charge >= 0.3 is 6.09 Å². The van der Waals surface area contributed by atoms with E-state index in [4.69, 9.17) is 10.5 Å². The molecule has 1 heterocycles. The molecule has 11 heteroatoms. The molecule has 1 aliphatic rings. The Bertz CT molecular complexity index is 1610. The number of para-hydroxylation sites is 1. The van der Waals surface area contributed by atoms with Crippen LogP contribution in [0.2, 0.25) is 0 Å². The topological polar surface area (TPSA) is 160 Å². The minimum Gasteiger partial charge on any atom is -0.445 e. The van der Waals surface area contributed by atoms with Gasteiger partial charge in [0.15, 0.2) is 0 Å². The average molecular weight is 668 g/mol. The van der Waals surface area contributed by atoms with Gasteiger partial charge < -0.3 is 31.3 Å². The number of fused-ring (bicyclic) bond motifs is 1. The number of primary amides is 1. The predicted octanol–water partition coefficient (Wildman–Crippen LogP) is 3.95. The van der Waals surface area contributed by atoms with Gasteiger partial charge in [-0.2, -0.15) is 0 Å². The molecule has 49 heavy (non-hydrogen) atoms. The highest BCUT2D eigenvalue weighted by atomic mass is 16.5. The van der Waals surface area contributed by atoms with Crippen molar-refractivity contribution in [3.63, 3.8) is 0 Å². The lowest BCUT2D eigenvalue weighted by atomic mass is 10.0. The minimum absolute atomic E-state index is 0.0305. The molecule has 258 valence electrons. The summed E-state index contributed by atoms with van der Waals surface area (Å²) in [6, 6.07) is 23.3. The fraction of sp³-hybridized carbons (Fsp3) is 0.342. The van der Waals surface area contributed by atoms with Gasteiger partial charge in [0.2, 0.25) is 17.7 Å². The number of hydrogen-bond acceptors (Lipinski definition) is 6. The fourth-order valence-electron chi connectivity index (χ4n) is 5.59. The van der Waals surface area contributed by atoms with Crippen molar-refractivity contribution in [3.05, 3.63) is 114 Å². The largest absolute Gasteiger partial charge is 0.445 e. The molecule has 5 N–H and O–H groups in total. The number of nitrogens with one attached hydrogen (secondary N) is 3. The molecule has 3 aromatic carbocycles. The number of alkyl carbamates (subject to hydrolysis) is 1. The van der Waals surface area contributed by atoms with Gasteiger partial charge in [0.25, 0.3) is 5.91 Å². The van der Waals surface area contributed by atoms with Crippen LogP contribution in [0.15, 0.2) is 97.1 Å². The van der Waals surface area contributed by atoms with Crippen LogP contribution in [0.1, 0.15) is 49.8 Å². The Labute approximate surface area is 287 Å². The number of hydrogen-bond donors (Lipinski definition) is 4. The molecule has 0 radical (unpaired) electrons. The molecule has 0 fully saturated rings. The highest BCUT2D eigenvalue weighted by Gasteiger charge is 2.29. The van der Waals surface area contributed by atoms with E-state index in [0.717, 1.165) is 28.8 Å². The smallest absolute Gasteiger partial charge is 0.408 e. The molecule has 0 aromatic heterocycles. The van der Waals surface area contributed by atoms with Crippen molar-refractivity contribution in [2.24, 2.45) is 11.7 Å². The Morgan fingerprint density at radius 3 is 2.12 bits per heavy atom. The maximum absolute atomic E-state index is 13.8. The normalized spacial score (nSPS) is 14.1. The van der Waals surface area contributed by atoms with Gasteiger partial charge in [-0.15, -0.1) is 0 Å². The number of nitrogens with two attached hydrogens (primary N) is 1. The van der Waals surface area contributed by atoms with Gasteiger partial charge in [0.05, 0.1) is 0 Å². The molecule has 0 saturated heterocycles. The second-order valence-electron chi connectivity index (χ2n) is 12.5. The first-order valence-corrected chi connectivity index (χ1v) is 16.6. The second-order valence-corrected chi connectivity index (χ2v) is 12.5. The zero-order valence-corrected chi connectivity index (χ0v) is 28.0. The van der Waals surface area contributed by atoms with Crippen LogP contribution in [0.4, 0.5) is 10.5 Å². The van der Waals surface area contributed by atoms with Crippen molar-refractivity contribution in [2.75, 3.05) is 11.4 Å². The maximum atomic E-state index is 13.8. The summed E-state index contributed by atoms with van der Waals surface area (Å²) >= 11 is 0. The Balaban J connectivity index is 1.48. The van der Waals surface area contributed by atoms with Crippen molar-refractivity contribution in [2.45, 2.75) is 70.7 Å². The first-order valence-electron chi connectivity index (χ1n) is 16.6.